The first-order valence-electron chi connectivity index (χ1n) is 12.3. The van der Waals surface area contributed by atoms with Crippen LogP contribution >= 0.6 is 16.3 Å². The van der Waals surface area contributed by atoms with Gasteiger partial charge in [0.2, 0.25) is 0 Å². The fraction of sp³-hybridized carbons (Fsp3) is 1.00. The van der Waals surface area contributed by atoms with Crippen LogP contribution in [-0.4, -0.2) is 32.9 Å². The van der Waals surface area contributed by atoms with Crippen LogP contribution in [0.4, 0.5) is 0 Å². The Labute approximate surface area is 181 Å². The second kappa shape index (κ2) is 24.1. The van der Waals surface area contributed by atoms with Gasteiger partial charge in [-0.3, -0.25) is 0 Å². The third-order valence-corrected chi connectivity index (χ3v) is 9.95. The van der Waals surface area contributed by atoms with Gasteiger partial charge in [0.05, 0.1) is 6.61 Å². The molecule has 0 amide bonds. The second-order valence-corrected chi connectivity index (χ2v) is 12.7. The van der Waals surface area contributed by atoms with Crippen LogP contribution in [0.3, 0.4) is 0 Å². The number of unbranched alkanes of at least 4 members (excludes halogenated alkanes) is 17. The fourth-order valence-electron chi connectivity index (χ4n) is 3.60. The Balaban J connectivity index is 3.08. The molecule has 0 aliphatic rings. The molecule has 28 heavy (non-hydrogen) atoms. The van der Waals surface area contributed by atoms with E-state index in [0.29, 0.717) is 0 Å². The van der Waals surface area contributed by atoms with E-state index in [1.165, 1.54) is 116 Å². The number of hydrogen-bond acceptors (Lipinski definition) is 2. The molecule has 0 aromatic rings. The molecule has 2 atom stereocenters. The molecule has 0 aliphatic carbocycles. The van der Waals surface area contributed by atoms with Gasteiger partial charge in [0.1, 0.15) is 0 Å². The first-order chi connectivity index (χ1) is 13.7. The van der Waals surface area contributed by atoms with Crippen molar-refractivity contribution in [3.63, 3.8) is 0 Å². The summed E-state index contributed by atoms with van der Waals surface area (Å²) >= 11 is 0. The summed E-state index contributed by atoms with van der Waals surface area (Å²) in [5.74, 6) is 1.13. The molecular weight excluding hydrogens is 382 g/mol. The highest BCUT2D eigenvalue weighted by Crippen LogP contribution is 2.47. The molecular formula is C24H52O2P2. The van der Waals surface area contributed by atoms with Gasteiger partial charge in [0.25, 0.3) is 0 Å². The van der Waals surface area contributed by atoms with E-state index in [2.05, 4.69) is 20.3 Å². The Kier molecular flexibility index (Phi) is 24.7. The zero-order valence-corrected chi connectivity index (χ0v) is 21.6. The molecule has 0 saturated heterocycles. The summed E-state index contributed by atoms with van der Waals surface area (Å²) in [4.78, 5) is 0. The van der Waals surface area contributed by atoms with E-state index in [1.54, 1.807) is 0 Å². The monoisotopic (exact) mass is 434 g/mol. The van der Waals surface area contributed by atoms with Crippen LogP contribution in [-0.2, 0) is 9.05 Å². The molecule has 0 fully saturated rings. The van der Waals surface area contributed by atoms with Gasteiger partial charge in [0, 0.05) is 29.3 Å². The van der Waals surface area contributed by atoms with Crippen molar-refractivity contribution < 1.29 is 9.05 Å². The van der Waals surface area contributed by atoms with Crippen LogP contribution in [0, 0.1) is 0 Å². The van der Waals surface area contributed by atoms with Gasteiger partial charge in [-0.25, -0.2) is 0 Å². The molecule has 0 aromatic carbocycles. The molecule has 0 bridgehead atoms. The van der Waals surface area contributed by atoms with Gasteiger partial charge in [-0.15, -0.1) is 0 Å². The third-order valence-electron chi connectivity index (χ3n) is 5.52. The van der Waals surface area contributed by atoms with Crippen LogP contribution in [0.5, 0.6) is 0 Å². The largest absolute Gasteiger partial charge is 0.362 e. The normalized spacial score (nSPS) is 13.7. The van der Waals surface area contributed by atoms with Crippen molar-refractivity contribution in [2.75, 3.05) is 32.9 Å². The highest BCUT2D eigenvalue weighted by Gasteiger charge is 2.07. The maximum atomic E-state index is 5.94. The Morgan fingerprint density at radius 2 is 0.857 bits per heavy atom. The molecule has 2 unspecified atom stereocenters. The first-order valence-corrected chi connectivity index (χ1v) is 16.1. The topological polar surface area (TPSA) is 18.5 Å². The van der Waals surface area contributed by atoms with Crippen LogP contribution in [0.1, 0.15) is 122 Å². The second-order valence-electron chi connectivity index (χ2n) is 8.42. The molecule has 0 aromatic heterocycles. The molecule has 0 N–H and O–H groups in total. The quantitative estimate of drug-likeness (QED) is 0.118. The standard InChI is InChI=1S/C24H52O2P2/c1-5-6-7-8-9-10-11-12-13-14-15-16-17-18-19-20-21-22-23-26-28(4)24-27(3)25-2/h5-24H2,1-4H3. The van der Waals surface area contributed by atoms with Gasteiger partial charge in [-0.2, -0.15) is 0 Å². The Hall–Kier alpha value is 0.780. The van der Waals surface area contributed by atoms with Crippen LogP contribution in [0.25, 0.3) is 0 Å². The Morgan fingerprint density at radius 1 is 0.500 bits per heavy atom. The minimum Gasteiger partial charge on any atom is -0.362 e. The maximum Gasteiger partial charge on any atom is 0.0508 e. The highest BCUT2D eigenvalue weighted by molar-refractivity contribution is 7.69. The van der Waals surface area contributed by atoms with Gasteiger partial charge in [0.15, 0.2) is 0 Å². The Bertz CT molecular complexity index is 290. The summed E-state index contributed by atoms with van der Waals surface area (Å²) in [7, 11) is 1.28. The van der Waals surface area contributed by atoms with Crippen molar-refractivity contribution >= 4 is 16.3 Å². The molecule has 0 aliphatic heterocycles. The summed E-state index contributed by atoms with van der Waals surface area (Å²) in [6, 6.07) is 0. The van der Waals surface area contributed by atoms with E-state index in [4.69, 9.17) is 9.05 Å². The van der Waals surface area contributed by atoms with E-state index >= 15 is 0 Å². The van der Waals surface area contributed by atoms with Crippen molar-refractivity contribution in [1.29, 1.82) is 0 Å². The lowest BCUT2D eigenvalue weighted by Crippen LogP contribution is -1.93. The molecule has 2 nitrogen and oxygen atoms in total. The molecule has 4 heteroatoms. The summed E-state index contributed by atoms with van der Waals surface area (Å²) in [5, 5.41) is 0. The number of rotatable bonds is 23. The van der Waals surface area contributed by atoms with Crippen molar-refractivity contribution in [2.24, 2.45) is 0 Å². The number of hydrogen-bond donors (Lipinski definition) is 0. The average Bonchev–Trinajstić information content (AvgIpc) is 2.69. The molecule has 0 radical (unpaired) electrons. The van der Waals surface area contributed by atoms with Crippen LogP contribution in [0.15, 0.2) is 0 Å². The smallest absolute Gasteiger partial charge is 0.0508 e. The minimum absolute atomic E-state index is 0.260. The van der Waals surface area contributed by atoms with Crippen molar-refractivity contribution in [2.45, 2.75) is 122 Å². The zero-order chi connectivity index (χ0) is 20.7. The minimum atomic E-state index is -0.267. The first kappa shape index (κ1) is 28.8. The molecule has 0 heterocycles. The van der Waals surface area contributed by atoms with E-state index in [0.717, 1.165) is 12.5 Å². The van der Waals surface area contributed by atoms with E-state index in [-0.39, 0.29) is 16.3 Å². The molecule has 0 spiro atoms. The molecule has 0 rings (SSSR count). The predicted octanol–water partition coefficient (Wildman–Crippen LogP) is 9.70. The lowest BCUT2D eigenvalue weighted by atomic mass is 10.0. The van der Waals surface area contributed by atoms with Crippen LogP contribution < -0.4 is 0 Å². The maximum absolute atomic E-state index is 5.94. The zero-order valence-electron chi connectivity index (χ0n) is 19.9. The van der Waals surface area contributed by atoms with Gasteiger partial charge in [-0.1, -0.05) is 116 Å². The average molecular weight is 435 g/mol. The van der Waals surface area contributed by atoms with E-state index in [1.807, 2.05) is 7.11 Å². The van der Waals surface area contributed by atoms with Gasteiger partial charge >= 0.3 is 0 Å². The molecule has 170 valence electrons. The SMILES string of the molecule is CCCCCCCCCCCCCCCCCCCCOP(C)CP(C)OC. The Morgan fingerprint density at radius 3 is 1.21 bits per heavy atom. The van der Waals surface area contributed by atoms with E-state index in [9.17, 15) is 0 Å². The van der Waals surface area contributed by atoms with Crippen LogP contribution in [0.2, 0.25) is 0 Å². The van der Waals surface area contributed by atoms with Crippen molar-refractivity contribution in [1.82, 2.24) is 0 Å². The van der Waals surface area contributed by atoms with Gasteiger partial charge < -0.3 is 9.05 Å². The lowest BCUT2D eigenvalue weighted by molar-refractivity contribution is 0.338. The highest BCUT2D eigenvalue weighted by atomic mass is 31.2. The summed E-state index contributed by atoms with van der Waals surface area (Å²) in [5.41, 5.74) is 0. The third kappa shape index (κ3) is 23.1. The fourth-order valence-corrected chi connectivity index (χ4v) is 7.08. The summed E-state index contributed by atoms with van der Waals surface area (Å²) < 4.78 is 11.3. The van der Waals surface area contributed by atoms with Crippen molar-refractivity contribution in [3.8, 4) is 0 Å². The van der Waals surface area contributed by atoms with E-state index < -0.39 is 0 Å². The lowest BCUT2D eigenvalue weighted by Gasteiger charge is -2.16. The summed E-state index contributed by atoms with van der Waals surface area (Å²) in [6.45, 7) is 7.68. The predicted molar refractivity (Wildman–Crippen MR) is 132 cm³/mol. The summed E-state index contributed by atoms with van der Waals surface area (Å²) in [6.07, 6.45) is 25.8. The van der Waals surface area contributed by atoms with Gasteiger partial charge in [-0.05, 0) is 19.8 Å². The van der Waals surface area contributed by atoms with Crippen molar-refractivity contribution in [3.05, 3.63) is 0 Å². The molecule has 0 saturated carbocycles.